The Kier molecular flexibility index (Phi) is 4.44. The topological polar surface area (TPSA) is 54.4 Å². The van der Waals surface area contributed by atoms with Gasteiger partial charge in [-0.3, -0.25) is 0 Å². The molecule has 0 amide bonds. The van der Waals surface area contributed by atoms with E-state index in [1.807, 2.05) is 56.3 Å². The van der Waals surface area contributed by atoms with Gasteiger partial charge in [-0.1, -0.05) is 71.8 Å². The van der Waals surface area contributed by atoms with Crippen LogP contribution < -0.4 is 0 Å². The van der Waals surface area contributed by atoms with E-state index in [1.165, 1.54) is 6.07 Å². The van der Waals surface area contributed by atoms with Gasteiger partial charge in [0.25, 0.3) is 0 Å². The number of aromatic hydroxyl groups is 1. The van der Waals surface area contributed by atoms with E-state index in [-0.39, 0.29) is 15.5 Å². The fourth-order valence-electron chi connectivity index (χ4n) is 3.41. The molecule has 0 saturated carbocycles. The van der Waals surface area contributed by atoms with Crippen LogP contribution in [-0.2, 0) is 9.84 Å². The summed E-state index contributed by atoms with van der Waals surface area (Å²) in [6.07, 6.45) is 0. The number of hydrogen-bond acceptors (Lipinski definition) is 3. The zero-order valence-electron chi connectivity index (χ0n) is 15.7. The summed E-state index contributed by atoms with van der Waals surface area (Å²) >= 11 is 0. The van der Waals surface area contributed by atoms with Crippen LogP contribution in [-0.4, -0.2) is 13.5 Å². The van der Waals surface area contributed by atoms with Gasteiger partial charge in [0.15, 0.2) is 0 Å². The Balaban J connectivity index is 2.09. The zero-order valence-corrected chi connectivity index (χ0v) is 16.5. The lowest BCUT2D eigenvalue weighted by molar-refractivity contribution is 0.479. The maximum Gasteiger partial charge on any atom is 0.207 e. The molecule has 0 heterocycles. The highest BCUT2D eigenvalue weighted by atomic mass is 32.2. The highest BCUT2D eigenvalue weighted by molar-refractivity contribution is 7.91. The molecule has 4 aromatic carbocycles. The summed E-state index contributed by atoms with van der Waals surface area (Å²) in [4.78, 5) is 0.317. The first kappa shape index (κ1) is 18.3. The van der Waals surface area contributed by atoms with Crippen molar-refractivity contribution < 1.29 is 13.5 Å². The summed E-state index contributed by atoms with van der Waals surface area (Å²) in [5.41, 5.74) is 3.48. The molecule has 4 aromatic rings. The van der Waals surface area contributed by atoms with E-state index in [9.17, 15) is 13.5 Å². The maximum absolute atomic E-state index is 13.5. The zero-order chi connectivity index (χ0) is 19.9. The van der Waals surface area contributed by atoms with Crippen LogP contribution in [0.25, 0.3) is 21.9 Å². The van der Waals surface area contributed by atoms with Gasteiger partial charge in [0, 0.05) is 17.0 Å². The van der Waals surface area contributed by atoms with Crippen molar-refractivity contribution in [1.29, 1.82) is 0 Å². The number of phenolic OH excluding ortho intramolecular Hbond substituents is 1. The van der Waals surface area contributed by atoms with Crippen LogP contribution in [0, 0.1) is 13.8 Å². The number of fused-ring (bicyclic) bond motifs is 1. The van der Waals surface area contributed by atoms with Crippen LogP contribution in [0.5, 0.6) is 5.75 Å². The standard InChI is InChI=1S/C24H20O3S/c1-16-7-11-18(12-8-16)24-21-6-4-3-5-20(21)22(25)15-23(24)28(26,27)19-13-9-17(2)10-14-19/h3-15,25H,1-2H3. The summed E-state index contributed by atoms with van der Waals surface area (Å²) in [6, 6.07) is 23.2. The van der Waals surface area contributed by atoms with Crippen LogP contribution in [0.2, 0.25) is 0 Å². The summed E-state index contributed by atoms with van der Waals surface area (Å²) < 4.78 is 27.0. The van der Waals surface area contributed by atoms with E-state index in [1.54, 1.807) is 30.3 Å². The lowest BCUT2D eigenvalue weighted by Gasteiger charge is -2.16. The first-order valence-corrected chi connectivity index (χ1v) is 10.5. The second-order valence-corrected chi connectivity index (χ2v) is 8.92. The molecular formula is C24H20O3S. The van der Waals surface area contributed by atoms with Crippen molar-refractivity contribution in [2.75, 3.05) is 0 Å². The Morgan fingerprint density at radius 3 is 1.86 bits per heavy atom. The maximum atomic E-state index is 13.5. The quantitative estimate of drug-likeness (QED) is 0.492. The van der Waals surface area contributed by atoms with Gasteiger partial charge in [-0.2, -0.15) is 0 Å². The lowest BCUT2D eigenvalue weighted by Crippen LogP contribution is -2.05. The van der Waals surface area contributed by atoms with Gasteiger partial charge in [0.05, 0.1) is 9.79 Å². The average Bonchev–Trinajstić information content (AvgIpc) is 2.69. The minimum absolute atomic E-state index is 0.0443. The molecule has 0 saturated heterocycles. The van der Waals surface area contributed by atoms with Crippen LogP contribution in [0.15, 0.2) is 88.7 Å². The van der Waals surface area contributed by atoms with Crippen LogP contribution >= 0.6 is 0 Å². The number of hydrogen-bond donors (Lipinski definition) is 1. The Morgan fingerprint density at radius 2 is 1.25 bits per heavy atom. The molecule has 0 aromatic heterocycles. The highest BCUT2D eigenvalue weighted by Crippen LogP contribution is 2.41. The van der Waals surface area contributed by atoms with Crippen molar-refractivity contribution in [3.63, 3.8) is 0 Å². The summed E-state index contributed by atoms with van der Waals surface area (Å²) in [5, 5.41) is 11.9. The molecule has 0 atom stereocenters. The number of sulfone groups is 1. The molecular weight excluding hydrogens is 368 g/mol. The molecule has 0 aliphatic rings. The fourth-order valence-corrected chi connectivity index (χ4v) is 4.92. The minimum Gasteiger partial charge on any atom is -0.507 e. The van der Waals surface area contributed by atoms with Crippen molar-refractivity contribution in [1.82, 2.24) is 0 Å². The third-order valence-corrected chi connectivity index (χ3v) is 6.74. The van der Waals surface area contributed by atoms with Crippen molar-refractivity contribution in [3.05, 3.63) is 90.0 Å². The summed E-state index contributed by atoms with van der Waals surface area (Å²) in [6.45, 7) is 3.90. The number of phenols is 1. The van der Waals surface area contributed by atoms with Gasteiger partial charge < -0.3 is 5.11 Å². The molecule has 1 N–H and O–H groups in total. The molecule has 0 unspecified atom stereocenters. The van der Waals surface area contributed by atoms with Crippen molar-refractivity contribution in [2.24, 2.45) is 0 Å². The monoisotopic (exact) mass is 388 g/mol. The first-order chi connectivity index (χ1) is 13.4. The van der Waals surface area contributed by atoms with E-state index in [0.717, 1.165) is 16.7 Å². The van der Waals surface area contributed by atoms with E-state index in [0.29, 0.717) is 16.3 Å². The molecule has 0 fully saturated rings. The van der Waals surface area contributed by atoms with Crippen molar-refractivity contribution >= 4 is 20.6 Å². The van der Waals surface area contributed by atoms with E-state index >= 15 is 0 Å². The minimum atomic E-state index is -3.82. The average molecular weight is 388 g/mol. The van der Waals surface area contributed by atoms with Crippen molar-refractivity contribution in [3.8, 4) is 16.9 Å². The van der Waals surface area contributed by atoms with Crippen molar-refractivity contribution in [2.45, 2.75) is 23.6 Å². The second kappa shape index (κ2) is 6.80. The Hall–Kier alpha value is -3.11. The van der Waals surface area contributed by atoms with Gasteiger partial charge in [0.1, 0.15) is 5.75 Å². The van der Waals surface area contributed by atoms with Gasteiger partial charge in [-0.25, -0.2) is 8.42 Å². The Labute approximate surface area is 164 Å². The first-order valence-electron chi connectivity index (χ1n) is 9.01. The van der Waals surface area contributed by atoms with E-state index in [4.69, 9.17) is 0 Å². The Morgan fingerprint density at radius 1 is 0.714 bits per heavy atom. The van der Waals surface area contributed by atoms with Gasteiger partial charge in [-0.05, 0) is 36.9 Å². The van der Waals surface area contributed by atoms with Crippen LogP contribution in [0.3, 0.4) is 0 Å². The molecule has 0 aliphatic carbocycles. The molecule has 3 nitrogen and oxygen atoms in total. The summed E-state index contributed by atoms with van der Waals surface area (Å²) in [5.74, 6) is -0.0443. The third-order valence-electron chi connectivity index (χ3n) is 4.95. The summed E-state index contributed by atoms with van der Waals surface area (Å²) in [7, 11) is -3.82. The third kappa shape index (κ3) is 3.06. The molecule has 0 aliphatic heterocycles. The Bertz CT molecular complexity index is 1270. The highest BCUT2D eigenvalue weighted by Gasteiger charge is 2.25. The molecule has 28 heavy (non-hydrogen) atoms. The number of aryl methyl sites for hydroxylation is 2. The second-order valence-electron chi connectivity index (χ2n) is 7.00. The molecule has 0 radical (unpaired) electrons. The lowest BCUT2D eigenvalue weighted by atomic mass is 9.97. The molecule has 0 bridgehead atoms. The van der Waals surface area contributed by atoms with Gasteiger partial charge >= 0.3 is 0 Å². The van der Waals surface area contributed by atoms with Crippen LogP contribution in [0.4, 0.5) is 0 Å². The number of rotatable bonds is 3. The van der Waals surface area contributed by atoms with E-state index in [2.05, 4.69) is 0 Å². The molecule has 4 rings (SSSR count). The SMILES string of the molecule is Cc1ccc(-c2c(S(=O)(=O)c3ccc(C)cc3)cc(O)c3ccccc23)cc1. The molecule has 140 valence electrons. The largest absolute Gasteiger partial charge is 0.507 e. The normalized spacial score (nSPS) is 11.6. The smallest absolute Gasteiger partial charge is 0.207 e. The predicted octanol–water partition coefficient (Wildman–Crippen LogP) is 5.66. The predicted molar refractivity (Wildman–Crippen MR) is 112 cm³/mol. The molecule has 0 spiro atoms. The van der Waals surface area contributed by atoms with E-state index < -0.39 is 9.84 Å². The fraction of sp³-hybridized carbons (Fsp3) is 0.0833. The number of benzene rings is 4. The van der Waals surface area contributed by atoms with Gasteiger partial charge in [0.2, 0.25) is 9.84 Å². The molecule has 4 heteroatoms. The van der Waals surface area contributed by atoms with Gasteiger partial charge in [-0.15, -0.1) is 0 Å². The van der Waals surface area contributed by atoms with Crippen LogP contribution in [0.1, 0.15) is 11.1 Å².